The molecule has 0 aliphatic carbocycles. The summed E-state index contributed by atoms with van der Waals surface area (Å²) in [6, 6.07) is 11.3. The average molecular weight is 469 g/mol. The highest BCUT2D eigenvalue weighted by molar-refractivity contribution is 5.75. The quantitative estimate of drug-likeness (QED) is 0.422. The number of benzene rings is 2. The van der Waals surface area contributed by atoms with Crippen molar-refractivity contribution in [3.05, 3.63) is 53.4 Å². The predicted molar refractivity (Wildman–Crippen MR) is 129 cm³/mol. The first-order valence-electron chi connectivity index (χ1n) is 11.1. The van der Waals surface area contributed by atoms with E-state index in [9.17, 15) is 4.79 Å². The average Bonchev–Trinajstić information content (AvgIpc) is 3.23. The van der Waals surface area contributed by atoms with Crippen molar-refractivity contribution in [1.82, 2.24) is 10.3 Å². The number of aromatic nitrogens is 1. The molecule has 0 radical (unpaired) electrons. The van der Waals surface area contributed by atoms with Gasteiger partial charge in [-0.15, -0.1) is 0 Å². The zero-order chi connectivity index (χ0) is 24.5. The summed E-state index contributed by atoms with van der Waals surface area (Å²) in [6.45, 7) is 2.44. The van der Waals surface area contributed by atoms with Crippen molar-refractivity contribution < 1.29 is 28.2 Å². The Kier molecular flexibility index (Phi) is 8.79. The molecule has 182 valence electrons. The SMILES string of the molecule is COc1ccc(CCNC(=O)CCCc2nc(-c3ccc(OC)c(OC)c3)oc2C)cc1OC. The van der Waals surface area contributed by atoms with Crippen molar-refractivity contribution in [2.45, 2.75) is 32.6 Å². The van der Waals surface area contributed by atoms with Gasteiger partial charge in [-0.25, -0.2) is 4.98 Å². The molecule has 0 atom stereocenters. The molecule has 0 aliphatic heterocycles. The van der Waals surface area contributed by atoms with Crippen LogP contribution in [0, 0.1) is 6.92 Å². The maximum atomic E-state index is 12.3. The van der Waals surface area contributed by atoms with Gasteiger partial charge in [-0.05, 0) is 62.1 Å². The number of carbonyl (C=O) groups is 1. The molecule has 0 spiro atoms. The van der Waals surface area contributed by atoms with Gasteiger partial charge in [-0.1, -0.05) is 6.07 Å². The van der Waals surface area contributed by atoms with E-state index in [1.807, 2.05) is 43.3 Å². The molecule has 1 amide bonds. The van der Waals surface area contributed by atoms with Crippen LogP contribution >= 0.6 is 0 Å². The van der Waals surface area contributed by atoms with Gasteiger partial charge in [-0.2, -0.15) is 0 Å². The van der Waals surface area contributed by atoms with E-state index in [2.05, 4.69) is 10.3 Å². The maximum absolute atomic E-state index is 12.3. The lowest BCUT2D eigenvalue weighted by molar-refractivity contribution is -0.121. The topological polar surface area (TPSA) is 92.1 Å². The minimum atomic E-state index is 0.0155. The number of aryl methyl sites for hydroxylation is 2. The van der Waals surface area contributed by atoms with E-state index in [1.165, 1.54) is 0 Å². The van der Waals surface area contributed by atoms with Crippen molar-refractivity contribution in [2.75, 3.05) is 35.0 Å². The Hall–Kier alpha value is -3.68. The summed E-state index contributed by atoms with van der Waals surface area (Å²) in [5, 5.41) is 2.97. The monoisotopic (exact) mass is 468 g/mol. The summed E-state index contributed by atoms with van der Waals surface area (Å²) in [5.41, 5.74) is 2.72. The van der Waals surface area contributed by atoms with Crippen LogP contribution in [0.25, 0.3) is 11.5 Å². The lowest BCUT2D eigenvalue weighted by atomic mass is 10.1. The van der Waals surface area contributed by atoms with Gasteiger partial charge >= 0.3 is 0 Å². The van der Waals surface area contributed by atoms with E-state index >= 15 is 0 Å². The van der Waals surface area contributed by atoms with Crippen LogP contribution < -0.4 is 24.3 Å². The summed E-state index contributed by atoms with van der Waals surface area (Å²) >= 11 is 0. The number of oxazole rings is 1. The predicted octanol–water partition coefficient (Wildman–Crippen LogP) is 4.37. The molecule has 0 bridgehead atoms. The standard InChI is InChI=1S/C26H32N2O6/c1-17-20(28-26(34-17)19-10-12-22(31-3)24(16-19)33-5)7-6-8-25(29)27-14-13-18-9-11-21(30-2)23(15-18)32-4/h9-12,15-16H,6-8,13-14H2,1-5H3,(H,27,29). The third-order valence-electron chi connectivity index (χ3n) is 5.52. The number of hydrogen-bond donors (Lipinski definition) is 1. The first-order valence-corrected chi connectivity index (χ1v) is 11.1. The fourth-order valence-electron chi connectivity index (χ4n) is 3.64. The van der Waals surface area contributed by atoms with Crippen molar-refractivity contribution in [3.63, 3.8) is 0 Å². The molecule has 0 unspecified atom stereocenters. The maximum Gasteiger partial charge on any atom is 0.226 e. The normalized spacial score (nSPS) is 10.6. The number of methoxy groups -OCH3 is 4. The lowest BCUT2D eigenvalue weighted by Gasteiger charge is -2.10. The van der Waals surface area contributed by atoms with E-state index in [-0.39, 0.29) is 5.91 Å². The molecule has 1 N–H and O–H groups in total. The van der Waals surface area contributed by atoms with Gasteiger partial charge in [-0.3, -0.25) is 4.79 Å². The largest absolute Gasteiger partial charge is 0.493 e. The molecule has 1 aromatic heterocycles. The first kappa shape index (κ1) is 25.0. The Morgan fingerprint density at radius 1 is 0.882 bits per heavy atom. The number of carbonyl (C=O) groups excluding carboxylic acids is 1. The Balaban J connectivity index is 1.47. The highest BCUT2D eigenvalue weighted by atomic mass is 16.5. The van der Waals surface area contributed by atoms with Crippen molar-refractivity contribution in [3.8, 4) is 34.5 Å². The third-order valence-corrected chi connectivity index (χ3v) is 5.52. The smallest absolute Gasteiger partial charge is 0.226 e. The van der Waals surface area contributed by atoms with Crippen molar-refractivity contribution in [2.24, 2.45) is 0 Å². The van der Waals surface area contributed by atoms with Crippen LogP contribution in [-0.4, -0.2) is 45.9 Å². The van der Waals surface area contributed by atoms with Gasteiger partial charge in [0.1, 0.15) is 5.76 Å². The van der Waals surface area contributed by atoms with E-state index in [4.69, 9.17) is 23.4 Å². The highest BCUT2D eigenvalue weighted by Crippen LogP contribution is 2.33. The zero-order valence-electron chi connectivity index (χ0n) is 20.4. The Morgan fingerprint density at radius 3 is 2.21 bits per heavy atom. The van der Waals surface area contributed by atoms with Crippen LogP contribution in [0.1, 0.15) is 29.9 Å². The van der Waals surface area contributed by atoms with Crippen LogP contribution in [0.2, 0.25) is 0 Å². The second kappa shape index (κ2) is 12.0. The van der Waals surface area contributed by atoms with E-state index < -0.39 is 0 Å². The number of nitrogens with one attached hydrogen (secondary N) is 1. The van der Waals surface area contributed by atoms with Gasteiger partial charge in [0, 0.05) is 18.5 Å². The summed E-state index contributed by atoms with van der Waals surface area (Å²) in [7, 11) is 6.40. The van der Waals surface area contributed by atoms with Crippen LogP contribution in [0.15, 0.2) is 40.8 Å². The minimum Gasteiger partial charge on any atom is -0.493 e. The number of hydrogen-bond acceptors (Lipinski definition) is 7. The van der Waals surface area contributed by atoms with Gasteiger partial charge in [0.25, 0.3) is 0 Å². The molecule has 3 aromatic rings. The molecule has 8 heteroatoms. The molecule has 3 rings (SSSR count). The van der Waals surface area contributed by atoms with Gasteiger partial charge in [0.2, 0.25) is 11.8 Å². The van der Waals surface area contributed by atoms with E-state index in [0.29, 0.717) is 61.1 Å². The van der Waals surface area contributed by atoms with Crippen LogP contribution in [0.4, 0.5) is 0 Å². The third kappa shape index (κ3) is 6.21. The lowest BCUT2D eigenvalue weighted by Crippen LogP contribution is -2.25. The van der Waals surface area contributed by atoms with Crippen LogP contribution in [0.5, 0.6) is 23.0 Å². The first-order chi connectivity index (χ1) is 16.5. The second-order valence-corrected chi connectivity index (χ2v) is 7.73. The van der Waals surface area contributed by atoms with Crippen molar-refractivity contribution >= 4 is 5.91 Å². The Morgan fingerprint density at radius 2 is 1.53 bits per heavy atom. The number of rotatable bonds is 12. The van der Waals surface area contributed by atoms with Gasteiger partial charge in [0.15, 0.2) is 23.0 Å². The summed E-state index contributed by atoms with van der Waals surface area (Å²) in [4.78, 5) is 16.9. The van der Waals surface area contributed by atoms with E-state index in [0.717, 1.165) is 22.6 Å². The second-order valence-electron chi connectivity index (χ2n) is 7.73. The molecule has 0 saturated heterocycles. The van der Waals surface area contributed by atoms with E-state index in [1.54, 1.807) is 28.4 Å². The Labute approximate surface area is 200 Å². The molecule has 34 heavy (non-hydrogen) atoms. The highest BCUT2D eigenvalue weighted by Gasteiger charge is 2.14. The summed E-state index contributed by atoms with van der Waals surface area (Å²) < 4.78 is 27.1. The van der Waals surface area contributed by atoms with Gasteiger partial charge in [0.05, 0.1) is 34.1 Å². The van der Waals surface area contributed by atoms with Crippen LogP contribution in [0.3, 0.4) is 0 Å². The summed E-state index contributed by atoms with van der Waals surface area (Å²) in [6.07, 6.45) is 2.47. The molecule has 8 nitrogen and oxygen atoms in total. The number of amides is 1. The summed E-state index contributed by atoms with van der Waals surface area (Å²) in [5.74, 6) is 3.91. The molecule has 2 aromatic carbocycles. The van der Waals surface area contributed by atoms with Crippen molar-refractivity contribution in [1.29, 1.82) is 0 Å². The molecule has 0 fully saturated rings. The molecular weight excluding hydrogens is 436 g/mol. The molecule has 1 heterocycles. The minimum absolute atomic E-state index is 0.0155. The molecule has 0 aliphatic rings. The fraction of sp³-hybridized carbons (Fsp3) is 0.385. The molecular formula is C26H32N2O6. The number of ether oxygens (including phenoxy) is 4. The number of nitrogens with zero attached hydrogens (tertiary/aromatic N) is 1. The van der Waals surface area contributed by atoms with Gasteiger partial charge < -0.3 is 28.7 Å². The fourth-order valence-corrected chi connectivity index (χ4v) is 3.64. The van der Waals surface area contributed by atoms with Crippen LogP contribution in [-0.2, 0) is 17.6 Å². The Bertz CT molecular complexity index is 1110. The molecule has 0 saturated carbocycles. The zero-order valence-corrected chi connectivity index (χ0v) is 20.4.